The van der Waals surface area contributed by atoms with Gasteiger partial charge in [0.15, 0.2) is 11.4 Å². The number of rotatable bonds is 2. The molecule has 172 valence electrons. The summed E-state index contributed by atoms with van der Waals surface area (Å²) in [6, 6.07) is 1.86. The van der Waals surface area contributed by atoms with Crippen LogP contribution in [-0.4, -0.2) is 68.5 Å². The molecule has 0 heterocycles. The second-order valence-corrected chi connectivity index (χ2v) is 8.82. The Kier molecular flexibility index (Phi) is 5.11. The van der Waals surface area contributed by atoms with Crippen LogP contribution in [0.2, 0.25) is 0 Å². The first-order valence-corrected chi connectivity index (χ1v) is 10.4. The molecule has 9 heteroatoms. The number of amides is 1. The molecule has 4 atom stereocenters. The number of aliphatic hydroxyl groups is 3. The van der Waals surface area contributed by atoms with Crippen molar-refractivity contribution in [2.75, 3.05) is 14.1 Å². The van der Waals surface area contributed by atoms with Crippen molar-refractivity contribution >= 4 is 23.2 Å². The molecule has 0 bridgehead atoms. The number of nitrogens with two attached hydrogens (primary N) is 1. The topological polar surface area (TPSA) is 161 Å². The summed E-state index contributed by atoms with van der Waals surface area (Å²) in [6.07, 6.45) is 0.257. The fraction of sp³-hybridized carbons (Fsp3) is 0.375. The van der Waals surface area contributed by atoms with Gasteiger partial charge in [0, 0.05) is 17.1 Å². The molecular weight excluding hydrogens is 428 g/mol. The summed E-state index contributed by atoms with van der Waals surface area (Å²) in [7, 11) is 3.11. The maximum atomic E-state index is 13.7. The summed E-state index contributed by atoms with van der Waals surface area (Å²) in [5, 5.41) is 43.8. The van der Waals surface area contributed by atoms with E-state index in [1.807, 2.05) is 0 Å². The van der Waals surface area contributed by atoms with Crippen LogP contribution in [0.3, 0.4) is 0 Å². The molecule has 4 rings (SSSR count). The Morgan fingerprint density at radius 3 is 2.45 bits per heavy atom. The summed E-state index contributed by atoms with van der Waals surface area (Å²) < 4.78 is 0. The number of aliphatic hydroxyl groups excluding tert-OH is 2. The highest BCUT2D eigenvalue weighted by Gasteiger charge is 2.64. The van der Waals surface area contributed by atoms with Crippen molar-refractivity contribution in [1.82, 2.24) is 4.90 Å². The molecule has 1 fully saturated rings. The normalized spacial score (nSPS) is 28.7. The van der Waals surface area contributed by atoms with E-state index in [2.05, 4.69) is 11.8 Å². The highest BCUT2D eigenvalue weighted by molar-refractivity contribution is 6.24. The zero-order valence-corrected chi connectivity index (χ0v) is 18.3. The Labute approximate surface area is 189 Å². The van der Waals surface area contributed by atoms with Gasteiger partial charge in [0.05, 0.1) is 11.6 Å². The minimum atomic E-state index is -2.64. The van der Waals surface area contributed by atoms with E-state index in [0.717, 1.165) is 0 Å². The molecule has 3 aliphatic rings. The van der Waals surface area contributed by atoms with E-state index >= 15 is 0 Å². The molecule has 0 aliphatic heterocycles. The quantitative estimate of drug-likeness (QED) is 0.317. The van der Waals surface area contributed by atoms with Crippen LogP contribution < -0.4 is 5.73 Å². The van der Waals surface area contributed by atoms with Crippen LogP contribution in [0.25, 0.3) is 5.76 Å². The number of nitrogens with zero attached hydrogens (tertiary/aromatic N) is 1. The lowest BCUT2D eigenvalue weighted by Crippen LogP contribution is -2.65. The van der Waals surface area contributed by atoms with Crippen molar-refractivity contribution in [2.24, 2.45) is 17.6 Å². The van der Waals surface area contributed by atoms with Crippen molar-refractivity contribution in [3.05, 3.63) is 45.7 Å². The van der Waals surface area contributed by atoms with E-state index in [1.54, 1.807) is 27.1 Å². The van der Waals surface area contributed by atoms with Crippen molar-refractivity contribution in [3.8, 4) is 17.6 Å². The van der Waals surface area contributed by atoms with Gasteiger partial charge in [-0.3, -0.25) is 19.3 Å². The van der Waals surface area contributed by atoms with Gasteiger partial charge < -0.3 is 26.2 Å². The van der Waals surface area contributed by atoms with Crippen molar-refractivity contribution in [1.29, 1.82) is 0 Å². The van der Waals surface area contributed by atoms with E-state index in [-0.39, 0.29) is 29.7 Å². The molecule has 9 nitrogen and oxygen atoms in total. The second-order valence-electron chi connectivity index (χ2n) is 8.82. The van der Waals surface area contributed by atoms with E-state index in [0.29, 0.717) is 11.1 Å². The number of fused-ring (bicyclic) bond motifs is 3. The number of hydrogen-bond acceptors (Lipinski definition) is 8. The van der Waals surface area contributed by atoms with Crippen LogP contribution >= 0.6 is 0 Å². The lowest BCUT2D eigenvalue weighted by atomic mass is 9.57. The molecule has 0 aromatic heterocycles. The molecule has 1 aromatic rings. The standard InChI is InChI=1S/C24H24N2O7/c1-4-5-10-6-7-14(27)16-12(10)8-11-9-13-18(26(2)3)20(29)17(23(25)32)22(31)24(13,33)21(30)15(11)19(16)28/h6-7,11,13,18,27-28,31,33H,8-9H2,1-3H3,(H2,25,32)/t11?,13?,18?,24-/m0/s1. The number of likely N-dealkylation sites (N-methyl/N-ethyl adjacent to an activating group) is 1. The zero-order chi connectivity index (χ0) is 24.4. The molecule has 0 spiro atoms. The maximum Gasteiger partial charge on any atom is 0.255 e. The van der Waals surface area contributed by atoms with Gasteiger partial charge in [0.25, 0.3) is 5.91 Å². The molecule has 0 radical (unpaired) electrons. The number of aromatic hydroxyl groups is 1. The highest BCUT2D eigenvalue weighted by atomic mass is 16.3. The Bertz CT molecular complexity index is 1250. The van der Waals surface area contributed by atoms with Crippen LogP contribution in [-0.2, 0) is 20.8 Å². The number of carbonyl (C=O) groups is 3. The minimum Gasteiger partial charge on any atom is -0.508 e. The highest BCUT2D eigenvalue weighted by Crippen LogP contribution is 2.52. The minimum absolute atomic E-state index is 0.0338. The number of carbonyl (C=O) groups excluding carboxylic acids is 3. The van der Waals surface area contributed by atoms with Gasteiger partial charge in [0.1, 0.15) is 22.8 Å². The fourth-order valence-corrected chi connectivity index (χ4v) is 5.50. The average Bonchev–Trinajstić information content (AvgIpc) is 2.72. The van der Waals surface area contributed by atoms with Crippen LogP contribution in [0.4, 0.5) is 0 Å². The van der Waals surface area contributed by atoms with Gasteiger partial charge in [-0.2, -0.15) is 0 Å². The molecular formula is C24H24N2O7. The summed E-state index contributed by atoms with van der Waals surface area (Å²) in [4.78, 5) is 40.1. The summed E-state index contributed by atoms with van der Waals surface area (Å²) in [6.45, 7) is 1.65. The fourth-order valence-electron chi connectivity index (χ4n) is 5.50. The summed E-state index contributed by atoms with van der Waals surface area (Å²) in [5.74, 6) is -0.991. The number of phenolic OH excluding ortho intramolecular Hbond substituents is 1. The van der Waals surface area contributed by atoms with Crippen molar-refractivity contribution in [3.63, 3.8) is 0 Å². The van der Waals surface area contributed by atoms with Crippen molar-refractivity contribution < 1.29 is 34.8 Å². The Hall–Kier alpha value is -3.61. The first-order chi connectivity index (χ1) is 15.5. The third-order valence-corrected chi connectivity index (χ3v) is 6.86. The third-order valence-electron chi connectivity index (χ3n) is 6.86. The van der Waals surface area contributed by atoms with Gasteiger partial charge in [-0.15, -0.1) is 5.92 Å². The van der Waals surface area contributed by atoms with Gasteiger partial charge in [-0.05, 0) is 57.5 Å². The first kappa shape index (κ1) is 22.6. The number of hydrogen-bond donors (Lipinski definition) is 5. The molecule has 1 aromatic carbocycles. The van der Waals surface area contributed by atoms with Crippen LogP contribution in [0.5, 0.6) is 5.75 Å². The smallest absolute Gasteiger partial charge is 0.255 e. The molecule has 3 aliphatic carbocycles. The number of ketones is 2. The lowest BCUT2D eigenvalue weighted by Gasteiger charge is -2.50. The monoisotopic (exact) mass is 452 g/mol. The molecule has 0 saturated heterocycles. The Balaban J connectivity index is 2.00. The SMILES string of the molecule is CC#Cc1ccc(O)c2c1CC1CC3C(N(C)C)C(=O)C(C(N)=O)=C(O)[C@@]3(O)C(=O)C1=C2O. The van der Waals surface area contributed by atoms with E-state index in [4.69, 9.17) is 5.73 Å². The second kappa shape index (κ2) is 7.47. The lowest BCUT2D eigenvalue weighted by molar-refractivity contribution is -0.153. The third kappa shape index (κ3) is 2.91. The maximum absolute atomic E-state index is 13.7. The van der Waals surface area contributed by atoms with Gasteiger partial charge >= 0.3 is 0 Å². The zero-order valence-electron chi connectivity index (χ0n) is 18.3. The van der Waals surface area contributed by atoms with Crippen LogP contribution in [0.15, 0.2) is 29.0 Å². The summed E-state index contributed by atoms with van der Waals surface area (Å²) >= 11 is 0. The predicted octanol–water partition coefficient (Wildman–Crippen LogP) is 0.335. The average molecular weight is 452 g/mol. The van der Waals surface area contributed by atoms with Gasteiger partial charge in [-0.1, -0.05) is 5.92 Å². The van der Waals surface area contributed by atoms with Gasteiger partial charge in [0.2, 0.25) is 5.78 Å². The molecule has 33 heavy (non-hydrogen) atoms. The molecule has 6 N–H and O–H groups in total. The number of Topliss-reactive ketones (excluding diaryl/α,β-unsaturated/α-hetero) is 2. The first-order valence-electron chi connectivity index (χ1n) is 10.4. The number of primary amides is 1. The number of benzene rings is 1. The Morgan fingerprint density at radius 2 is 1.88 bits per heavy atom. The van der Waals surface area contributed by atoms with E-state index < -0.39 is 58.0 Å². The number of phenols is 1. The summed E-state index contributed by atoms with van der Waals surface area (Å²) in [5.41, 5.74) is 2.81. The molecule has 3 unspecified atom stereocenters. The Morgan fingerprint density at radius 1 is 1.21 bits per heavy atom. The van der Waals surface area contributed by atoms with Crippen LogP contribution in [0, 0.1) is 23.7 Å². The van der Waals surface area contributed by atoms with Gasteiger partial charge in [-0.25, -0.2) is 0 Å². The predicted molar refractivity (Wildman–Crippen MR) is 117 cm³/mol. The van der Waals surface area contributed by atoms with Crippen molar-refractivity contribution in [2.45, 2.75) is 31.4 Å². The molecule has 1 saturated carbocycles. The largest absolute Gasteiger partial charge is 0.508 e. The van der Waals surface area contributed by atoms with Crippen LogP contribution in [0.1, 0.15) is 30.0 Å². The molecule has 1 amide bonds. The van der Waals surface area contributed by atoms with E-state index in [1.165, 1.54) is 11.0 Å². The van der Waals surface area contributed by atoms with E-state index in [9.17, 15) is 34.8 Å².